The van der Waals surface area contributed by atoms with E-state index >= 15 is 0 Å². The Kier molecular flexibility index (Phi) is 3.93. The van der Waals surface area contributed by atoms with Gasteiger partial charge in [-0.3, -0.25) is 0 Å². The molecule has 0 radical (unpaired) electrons. The van der Waals surface area contributed by atoms with Crippen LogP contribution in [0.25, 0.3) is 0 Å². The summed E-state index contributed by atoms with van der Waals surface area (Å²) in [5.74, 6) is 0.570. The lowest BCUT2D eigenvalue weighted by Crippen LogP contribution is -2.09. The highest BCUT2D eigenvalue weighted by atomic mass is 35.5. The minimum Gasteiger partial charge on any atom is -0.345 e. The third-order valence-corrected chi connectivity index (χ3v) is 3.57. The van der Waals surface area contributed by atoms with Crippen LogP contribution in [0.5, 0.6) is 0 Å². The molecule has 0 aliphatic rings. The number of rotatable bonds is 3. The molecular weight excluding hydrogens is 242 g/mol. The van der Waals surface area contributed by atoms with Crippen molar-refractivity contribution in [2.45, 2.75) is 19.7 Å². The number of aryl methyl sites for hydroxylation is 2. The molecule has 0 aliphatic heterocycles. The Hall–Kier alpha value is -1.47. The lowest BCUT2D eigenvalue weighted by molar-refractivity contribution is 1.18. The molecule has 2 heteroatoms. The number of hydrogen-bond donors (Lipinski definition) is 0. The van der Waals surface area contributed by atoms with Crippen molar-refractivity contribution in [3.8, 4) is 0 Å². The van der Waals surface area contributed by atoms with E-state index in [4.69, 9.17) is 11.6 Å². The molecule has 0 saturated heterocycles. The number of alkyl halides is 1. The Bertz CT molecular complexity index is 531. The van der Waals surface area contributed by atoms with E-state index in [0.717, 1.165) is 0 Å². The minimum absolute atomic E-state index is 0.570. The second-order valence-electron chi connectivity index (χ2n) is 4.64. The van der Waals surface area contributed by atoms with Crippen molar-refractivity contribution in [2.24, 2.45) is 0 Å². The van der Waals surface area contributed by atoms with Gasteiger partial charge in [-0.05, 0) is 49.2 Å². The van der Waals surface area contributed by atoms with Crippen LogP contribution in [0.4, 0.5) is 11.4 Å². The lowest BCUT2D eigenvalue weighted by Gasteiger charge is -2.20. The van der Waals surface area contributed by atoms with Gasteiger partial charge in [0.15, 0.2) is 0 Å². The highest BCUT2D eigenvalue weighted by Crippen LogP contribution is 2.26. The summed E-state index contributed by atoms with van der Waals surface area (Å²) in [7, 11) is 2.08. The van der Waals surface area contributed by atoms with E-state index in [2.05, 4.69) is 68.3 Å². The van der Waals surface area contributed by atoms with Crippen molar-refractivity contribution in [1.29, 1.82) is 0 Å². The third kappa shape index (κ3) is 2.68. The number of nitrogens with zero attached hydrogens (tertiary/aromatic N) is 1. The topological polar surface area (TPSA) is 3.24 Å². The first-order valence-corrected chi connectivity index (χ1v) is 6.61. The predicted molar refractivity (Wildman–Crippen MR) is 80.0 cm³/mol. The van der Waals surface area contributed by atoms with Crippen molar-refractivity contribution < 1.29 is 0 Å². The molecular formula is C16H18ClN. The Morgan fingerprint density at radius 2 is 1.56 bits per heavy atom. The van der Waals surface area contributed by atoms with E-state index in [9.17, 15) is 0 Å². The van der Waals surface area contributed by atoms with Crippen LogP contribution in [0.2, 0.25) is 0 Å². The van der Waals surface area contributed by atoms with Gasteiger partial charge < -0.3 is 4.90 Å². The smallest absolute Gasteiger partial charge is 0.0476 e. The standard InChI is InChI=1S/C16H18ClN/c1-12-4-7-15(8-5-12)18(3)16-9-6-14(11-17)13(2)10-16/h4-10H,11H2,1-3H3. The molecule has 0 fully saturated rings. The molecule has 0 atom stereocenters. The molecule has 0 aromatic heterocycles. The van der Waals surface area contributed by atoms with E-state index in [-0.39, 0.29) is 0 Å². The van der Waals surface area contributed by atoms with E-state index in [1.165, 1.54) is 28.1 Å². The van der Waals surface area contributed by atoms with Gasteiger partial charge in [0.05, 0.1) is 0 Å². The summed E-state index contributed by atoms with van der Waals surface area (Å²) in [5.41, 5.74) is 6.09. The van der Waals surface area contributed by atoms with Gasteiger partial charge in [0.2, 0.25) is 0 Å². The van der Waals surface area contributed by atoms with Crippen LogP contribution in [0.1, 0.15) is 16.7 Å². The molecule has 0 bridgehead atoms. The van der Waals surface area contributed by atoms with Crippen LogP contribution in [-0.2, 0) is 5.88 Å². The summed E-state index contributed by atoms with van der Waals surface area (Å²) in [6.45, 7) is 4.20. The fourth-order valence-corrected chi connectivity index (χ4v) is 2.26. The molecule has 0 saturated carbocycles. The normalized spacial score (nSPS) is 10.4. The van der Waals surface area contributed by atoms with Gasteiger partial charge in [0, 0.05) is 24.3 Å². The summed E-state index contributed by atoms with van der Waals surface area (Å²) >= 11 is 5.88. The second kappa shape index (κ2) is 5.45. The van der Waals surface area contributed by atoms with E-state index < -0.39 is 0 Å². The van der Waals surface area contributed by atoms with Crippen LogP contribution in [0.15, 0.2) is 42.5 Å². The number of anilines is 2. The number of hydrogen-bond acceptors (Lipinski definition) is 1. The van der Waals surface area contributed by atoms with Crippen LogP contribution in [-0.4, -0.2) is 7.05 Å². The summed E-state index contributed by atoms with van der Waals surface area (Å²) in [6, 6.07) is 14.9. The molecule has 0 amide bonds. The number of halogens is 1. The largest absolute Gasteiger partial charge is 0.345 e. The lowest BCUT2D eigenvalue weighted by atomic mass is 10.1. The molecule has 0 aliphatic carbocycles. The van der Waals surface area contributed by atoms with Gasteiger partial charge in [-0.2, -0.15) is 0 Å². The van der Waals surface area contributed by atoms with Crippen molar-refractivity contribution in [3.63, 3.8) is 0 Å². The van der Waals surface area contributed by atoms with Crippen molar-refractivity contribution >= 4 is 23.0 Å². The molecule has 94 valence electrons. The average Bonchev–Trinajstić information content (AvgIpc) is 2.38. The first-order chi connectivity index (χ1) is 8.61. The van der Waals surface area contributed by atoms with Gasteiger partial charge in [0.1, 0.15) is 0 Å². The SMILES string of the molecule is Cc1ccc(N(C)c2ccc(CCl)c(C)c2)cc1. The van der Waals surface area contributed by atoms with Crippen molar-refractivity contribution in [2.75, 3.05) is 11.9 Å². The van der Waals surface area contributed by atoms with Crippen molar-refractivity contribution in [1.82, 2.24) is 0 Å². The molecule has 2 aromatic rings. The van der Waals surface area contributed by atoms with Gasteiger partial charge in [0.25, 0.3) is 0 Å². The highest BCUT2D eigenvalue weighted by Gasteiger charge is 2.05. The van der Waals surface area contributed by atoms with E-state index in [0.29, 0.717) is 5.88 Å². The molecule has 0 unspecified atom stereocenters. The van der Waals surface area contributed by atoms with Crippen molar-refractivity contribution in [3.05, 3.63) is 59.2 Å². The first-order valence-electron chi connectivity index (χ1n) is 6.07. The van der Waals surface area contributed by atoms with E-state index in [1.807, 2.05) is 0 Å². The van der Waals surface area contributed by atoms with Gasteiger partial charge in [-0.25, -0.2) is 0 Å². The van der Waals surface area contributed by atoms with Gasteiger partial charge >= 0.3 is 0 Å². The third-order valence-electron chi connectivity index (χ3n) is 3.28. The zero-order valence-electron chi connectivity index (χ0n) is 11.1. The Balaban J connectivity index is 2.31. The highest BCUT2D eigenvalue weighted by molar-refractivity contribution is 6.17. The summed E-state index contributed by atoms with van der Waals surface area (Å²) < 4.78 is 0. The Morgan fingerprint density at radius 3 is 2.11 bits per heavy atom. The summed E-state index contributed by atoms with van der Waals surface area (Å²) in [6.07, 6.45) is 0. The monoisotopic (exact) mass is 259 g/mol. The van der Waals surface area contributed by atoms with E-state index in [1.54, 1.807) is 0 Å². The fraction of sp³-hybridized carbons (Fsp3) is 0.250. The molecule has 2 aromatic carbocycles. The molecule has 0 heterocycles. The molecule has 2 rings (SSSR count). The first kappa shape index (κ1) is 13.0. The van der Waals surface area contributed by atoms with Crippen LogP contribution in [0, 0.1) is 13.8 Å². The maximum Gasteiger partial charge on any atom is 0.0476 e. The average molecular weight is 260 g/mol. The van der Waals surface area contributed by atoms with Crippen LogP contribution < -0.4 is 4.90 Å². The maximum atomic E-state index is 5.88. The maximum absolute atomic E-state index is 5.88. The Labute approximate surface area is 114 Å². The van der Waals surface area contributed by atoms with Crippen LogP contribution >= 0.6 is 11.6 Å². The Morgan fingerprint density at radius 1 is 0.944 bits per heavy atom. The zero-order chi connectivity index (χ0) is 13.1. The molecule has 1 nitrogen and oxygen atoms in total. The number of benzene rings is 2. The van der Waals surface area contributed by atoms with Gasteiger partial charge in [-0.15, -0.1) is 11.6 Å². The van der Waals surface area contributed by atoms with Crippen LogP contribution in [0.3, 0.4) is 0 Å². The quantitative estimate of drug-likeness (QED) is 0.715. The molecule has 0 N–H and O–H groups in total. The molecule has 0 spiro atoms. The zero-order valence-corrected chi connectivity index (χ0v) is 11.8. The molecule has 18 heavy (non-hydrogen) atoms. The summed E-state index contributed by atoms with van der Waals surface area (Å²) in [4.78, 5) is 2.18. The minimum atomic E-state index is 0.570. The van der Waals surface area contributed by atoms with Gasteiger partial charge in [-0.1, -0.05) is 23.8 Å². The fourth-order valence-electron chi connectivity index (χ4n) is 1.96. The second-order valence-corrected chi connectivity index (χ2v) is 4.91. The predicted octanol–water partition coefficient (Wildman–Crippen LogP) is 4.81. The summed E-state index contributed by atoms with van der Waals surface area (Å²) in [5, 5.41) is 0.